The quantitative estimate of drug-likeness (QED) is 0.675. The van der Waals surface area contributed by atoms with Gasteiger partial charge in [0.1, 0.15) is 17.0 Å². The van der Waals surface area contributed by atoms with E-state index in [0.29, 0.717) is 11.5 Å². The third-order valence-electron chi connectivity index (χ3n) is 4.85. The highest BCUT2D eigenvalue weighted by Crippen LogP contribution is 2.38. The van der Waals surface area contributed by atoms with Crippen LogP contribution in [-0.2, 0) is 0 Å². The van der Waals surface area contributed by atoms with Crippen LogP contribution in [0.1, 0.15) is 63.4 Å². The molecule has 2 N–H and O–H groups in total. The van der Waals surface area contributed by atoms with Crippen LogP contribution in [0.5, 0.6) is 0 Å². The van der Waals surface area contributed by atoms with Gasteiger partial charge in [0.2, 0.25) is 0 Å². The molecule has 0 bridgehead atoms. The molecule has 1 saturated carbocycles. The van der Waals surface area contributed by atoms with Crippen LogP contribution in [0.15, 0.2) is 18.2 Å². The molecule has 1 aliphatic heterocycles. The van der Waals surface area contributed by atoms with Crippen LogP contribution in [0.3, 0.4) is 0 Å². The molecule has 18 heavy (non-hydrogen) atoms. The van der Waals surface area contributed by atoms with E-state index in [1.54, 1.807) is 12.1 Å². The van der Waals surface area contributed by atoms with Gasteiger partial charge in [0.25, 0.3) is 0 Å². The van der Waals surface area contributed by atoms with Crippen molar-refractivity contribution < 1.29 is 9.71 Å². The molecule has 1 aliphatic carbocycles. The van der Waals surface area contributed by atoms with Gasteiger partial charge in [0.05, 0.1) is 0 Å². The van der Waals surface area contributed by atoms with E-state index >= 15 is 0 Å². The Kier molecular flexibility index (Phi) is 3.14. The Hall–Kier alpha value is -0.890. The Balaban J connectivity index is 1.92. The average molecular weight is 248 g/mol. The van der Waals surface area contributed by atoms with Gasteiger partial charge in [-0.3, -0.25) is 0 Å². The van der Waals surface area contributed by atoms with Gasteiger partial charge in [0.15, 0.2) is 0 Å². The maximum atomic E-state index is 13.4. The highest BCUT2D eigenvalue weighted by atomic mass is 19.1. The van der Waals surface area contributed by atoms with E-state index in [-0.39, 0.29) is 5.82 Å². The van der Waals surface area contributed by atoms with Gasteiger partial charge in [-0.1, -0.05) is 19.8 Å². The van der Waals surface area contributed by atoms with E-state index in [2.05, 4.69) is 12.2 Å². The first kappa shape index (κ1) is 12.2. The molecule has 2 aliphatic rings. The van der Waals surface area contributed by atoms with E-state index in [4.69, 9.17) is 0 Å². The number of hydrogen-bond acceptors (Lipinski definition) is 0. The zero-order chi connectivity index (χ0) is 12.6. The van der Waals surface area contributed by atoms with Gasteiger partial charge in [-0.15, -0.1) is 0 Å². The van der Waals surface area contributed by atoms with Crippen LogP contribution in [0, 0.1) is 5.82 Å². The van der Waals surface area contributed by atoms with Crippen molar-refractivity contribution in [1.82, 2.24) is 0 Å². The summed E-state index contributed by atoms with van der Waals surface area (Å²) in [5.74, 6) is 0.407. The Morgan fingerprint density at radius 3 is 2.61 bits per heavy atom. The predicted octanol–water partition coefficient (Wildman–Crippen LogP) is 3.62. The van der Waals surface area contributed by atoms with Gasteiger partial charge in [-0.2, -0.15) is 0 Å². The molecule has 1 spiro atoms. The van der Waals surface area contributed by atoms with Gasteiger partial charge in [0, 0.05) is 30.9 Å². The second-order valence-corrected chi connectivity index (χ2v) is 6.30. The number of quaternary nitrogens is 1. The molecule has 1 aromatic rings. The highest BCUT2D eigenvalue weighted by molar-refractivity contribution is 5.43. The SMILES string of the molecule is CC1CC2(CCCCCC2)[NH2+]c2ccc(F)cc21. The minimum absolute atomic E-state index is 0.0918. The molecule has 2 heteroatoms. The monoisotopic (exact) mass is 248 g/mol. The Bertz CT molecular complexity index is 433. The van der Waals surface area contributed by atoms with Crippen LogP contribution in [0.2, 0.25) is 0 Å². The minimum atomic E-state index is -0.0918. The number of nitrogens with two attached hydrogens (primary N) is 1. The molecule has 1 atom stereocenters. The standard InChI is InChI=1S/C16H22FN/c1-12-11-16(8-4-2-3-5-9-16)18-15-7-6-13(17)10-14(12)15/h6-7,10,12,18H,2-5,8-9,11H2,1H3/p+1. The number of halogens is 1. The van der Waals surface area contributed by atoms with Gasteiger partial charge in [-0.05, 0) is 30.9 Å². The first-order valence-corrected chi connectivity index (χ1v) is 7.34. The summed E-state index contributed by atoms with van der Waals surface area (Å²) < 4.78 is 13.4. The third kappa shape index (κ3) is 2.18. The maximum absolute atomic E-state index is 13.4. The Morgan fingerprint density at radius 1 is 1.17 bits per heavy atom. The second-order valence-electron chi connectivity index (χ2n) is 6.30. The van der Waals surface area contributed by atoms with Crippen molar-refractivity contribution in [3.63, 3.8) is 0 Å². The molecule has 1 fully saturated rings. The Labute approximate surface area is 109 Å². The fourth-order valence-electron chi connectivity index (χ4n) is 3.99. The van der Waals surface area contributed by atoms with Crippen molar-refractivity contribution >= 4 is 5.69 Å². The van der Waals surface area contributed by atoms with Crippen LogP contribution >= 0.6 is 0 Å². The Morgan fingerprint density at radius 2 is 1.89 bits per heavy atom. The van der Waals surface area contributed by atoms with Crippen molar-refractivity contribution in [2.24, 2.45) is 0 Å². The fraction of sp³-hybridized carbons (Fsp3) is 0.625. The summed E-state index contributed by atoms with van der Waals surface area (Å²) in [5.41, 5.74) is 2.91. The number of fused-ring (bicyclic) bond motifs is 1. The van der Waals surface area contributed by atoms with E-state index in [0.717, 1.165) is 0 Å². The first-order chi connectivity index (χ1) is 8.69. The lowest BCUT2D eigenvalue weighted by atomic mass is 9.75. The zero-order valence-electron chi connectivity index (χ0n) is 11.2. The lowest BCUT2D eigenvalue weighted by Gasteiger charge is -2.38. The van der Waals surface area contributed by atoms with Crippen molar-refractivity contribution in [3.8, 4) is 0 Å². The van der Waals surface area contributed by atoms with Crippen molar-refractivity contribution in [2.75, 3.05) is 0 Å². The third-order valence-corrected chi connectivity index (χ3v) is 4.85. The topological polar surface area (TPSA) is 16.6 Å². The van der Waals surface area contributed by atoms with Crippen LogP contribution in [-0.4, -0.2) is 5.54 Å². The van der Waals surface area contributed by atoms with Crippen molar-refractivity contribution in [1.29, 1.82) is 0 Å². The van der Waals surface area contributed by atoms with E-state index in [1.807, 2.05) is 6.07 Å². The van der Waals surface area contributed by atoms with Crippen LogP contribution in [0.25, 0.3) is 0 Å². The van der Waals surface area contributed by atoms with Crippen molar-refractivity contribution in [2.45, 2.75) is 63.3 Å². The van der Waals surface area contributed by atoms with E-state index < -0.39 is 0 Å². The molecule has 3 rings (SSSR count). The van der Waals surface area contributed by atoms with E-state index in [1.165, 1.54) is 56.2 Å². The normalized spacial score (nSPS) is 26.7. The molecule has 1 unspecified atom stereocenters. The number of hydrogen-bond donors (Lipinski definition) is 1. The zero-order valence-corrected chi connectivity index (χ0v) is 11.2. The highest BCUT2D eigenvalue weighted by Gasteiger charge is 2.41. The van der Waals surface area contributed by atoms with Crippen molar-refractivity contribution in [3.05, 3.63) is 29.6 Å². The smallest absolute Gasteiger partial charge is 0.133 e. The molecular formula is C16H23FN+. The molecule has 0 aromatic heterocycles. The lowest BCUT2D eigenvalue weighted by Crippen LogP contribution is -2.93. The number of benzene rings is 1. The second kappa shape index (κ2) is 4.65. The summed E-state index contributed by atoms with van der Waals surface area (Å²) >= 11 is 0. The first-order valence-electron chi connectivity index (χ1n) is 7.34. The molecule has 1 nitrogen and oxygen atoms in total. The molecule has 0 radical (unpaired) electrons. The fourth-order valence-corrected chi connectivity index (χ4v) is 3.99. The van der Waals surface area contributed by atoms with Crippen LogP contribution < -0.4 is 5.32 Å². The summed E-state index contributed by atoms with van der Waals surface area (Å²) in [6.07, 6.45) is 9.37. The summed E-state index contributed by atoms with van der Waals surface area (Å²) in [7, 11) is 0. The number of rotatable bonds is 0. The largest absolute Gasteiger partial charge is 0.309 e. The average Bonchev–Trinajstić information content (AvgIpc) is 2.56. The maximum Gasteiger partial charge on any atom is 0.133 e. The lowest BCUT2D eigenvalue weighted by molar-refractivity contribution is -0.663. The summed E-state index contributed by atoms with van der Waals surface area (Å²) in [4.78, 5) is 0. The van der Waals surface area contributed by atoms with Gasteiger partial charge in [-0.25, -0.2) is 4.39 Å². The molecule has 1 heterocycles. The molecule has 1 aromatic carbocycles. The summed E-state index contributed by atoms with van der Waals surface area (Å²) in [6, 6.07) is 5.32. The molecular weight excluding hydrogens is 225 g/mol. The predicted molar refractivity (Wildman–Crippen MR) is 71.5 cm³/mol. The summed E-state index contributed by atoms with van der Waals surface area (Å²) in [5, 5.41) is 2.47. The minimum Gasteiger partial charge on any atom is -0.309 e. The van der Waals surface area contributed by atoms with Gasteiger partial charge < -0.3 is 5.32 Å². The summed E-state index contributed by atoms with van der Waals surface area (Å²) in [6.45, 7) is 2.26. The molecule has 0 saturated heterocycles. The van der Waals surface area contributed by atoms with Crippen LogP contribution in [0.4, 0.5) is 10.1 Å². The van der Waals surface area contributed by atoms with Gasteiger partial charge >= 0.3 is 0 Å². The molecule has 98 valence electrons. The molecule has 0 amide bonds. The van der Waals surface area contributed by atoms with E-state index in [9.17, 15) is 4.39 Å².